The van der Waals surface area contributed by atoms with Crippen molar-refractivity contribution in [3.05, 3.63) is 0 Å². The molecule has 0 radical (unpaired) electrons. The summed E-state index contributed by atoms with van der Waals surface area (Å²) in [5.74, 6) is 10.6. The van der Waals surface area contributed by atoms with Gasteiger partial charge in [-0.1, -0.05) is 0 Å². The average Bonchev–Trinajstić information content (AvgIpc) is 3.14. The molecule has 5 saturated carbocycles. The molecule has 6 aliphatic rings. The minimum Gasteiger partial charge on any atom is -0.303 e. The summed E-state index contributed by atoms with van der Waals surface area (Å²) in [6.07, 6.45) is 8.11. The summed E-state index contributed by atoms with van der Waals surface area (Å²) in [5.41, 5.74) is 0. The smallest absolute Gasteiger partial charge is 0.0129 e. The van der Waals surface area contributed by atoms with Gasteiger partial charge in [0.2, 0.25) is 0 Å². The molecule has 0 amide bonds. The Balaban J connectivity index is 1.45. The Morgan fingerprint density at radius 2 is 1.39 bits per heavy atom. The number of likely N-dealkylation sites (tertiary alicyclic amines) is 1. The van der Waals surface area contributed by atoms with Crippen LogP contribution in [0.5, 0.6) is 0 Å². The Hall–Kier alpha value is -0.0400. The second-order valence-electron chi connectivity index (χ2n) is 8.71. The molecule has 1 heterocycles. The average molecular weight is 243 g/mol. The maximum absolute atomic E-state index is 2.73. The van der Waals surface area contributed by atoms with E-state index < -0.39 is 0 Å². The van der Waals surface area contributed by atoms with Crippen LogP contribution in [0.1, 0.15) is 32.1 Å². The van der Waals surface area contributed by atoms with Crippen LogP contribution in [0.2, 0.25) is 0 Å². The van der Waals surface area contributed by atoms with Gasteiger partial charge in [-0.3, -0.25) is 0 Å². The molecule has 1 nitrogen and oxygen atoms in total. The van der Waals surface area contributed by atoms with E-state index in [1.807, 2.05) is 0 Å². The summed E-state index contributed by atoms with van der Waals surface area (Å²) < 4.78 is 0. The largest absolute Gasteiger partial charge is 0.303 e. The first-order valence-electron chi connectivity index (χ1n) is 8.53. The number of fused-ring (bicyclic) bond motifs is 16. The van der Waals surface area contributed by atoms with Crippen molar-refractivity contribution in [2.24, 2.45) is 53.3 Å². The van der Waals surface area contributed by atoms with Crippen molar-refractivity contribution >= 4 is 0 Å². The van der Waals surface area contributed by atoms with E-state index in [9.17, 15) is 0 Å². The fourth-order valence-corrected chi connectivity index (χ4v) is 8.68. The lowest BCUT2D eigenvalue weighted by molar-refractivity contribution is 0.00447. The molecule has 6 rings (SSSR count). The highest BCUT2D eigenvalue weighted by Gasteiger charge is 2.70. The monoisotopic (exact) mass is 243 g/mol. The third-order valence-electron chi connectivity index (χ3n) is 8.63. The van der Waals surface area contributed by atoms with E-state index in [1.165, 1.54) is 48.0 Å². The van der Waals surface area contributed by atoms with Crippen LogP contribution >= 0.6 is 0 Å². The molecule has 6 bridgehead atoms. The molecule has 10 unspecified atom stereocenters. The summed E-state index contributed by atoms with van der Waals surface area (Å²) in [4.78, 5) is 2.73. The zero-order valence-electron chi connectivity index (χ0n) is 11.5. The van der Waals surface area contributed by atoms with Crippen LogP contribution in [0.15, 0.2) is 0 Å². The number of nitrogens with zero attached hydrogens (tertiary/aromatic N) is 1. The summed E-state index contributed by atoms with van der Waals surface area (Å²) in [6.45, 7) is 1.44. The SMILES string of the molecule is CN1CC2CC1C1C3CC(C4C5CCC(C5)C34)C21. The number of rotatable bonds is 0. The first kappa shape index (κ1) is 9.80. The topological polar surface area (TPSA) is 3.24 Å². The summed E-state index contributed by atoms with van der Waals surface area (Å²) in [6, 6.07) is 1.01. The molecular weight excluding hydrogens is 218 g/mol. The summed E-state index contributed by atoms with van der Waals surface area (Å²) in [7, 11) is 2.41. The second kappa shape index (κ2) is 2.85. The zero-order valence-corrected chi connectivity index (χ0v) is 11.5. The van der Waals surface area contributed by atoms with Crippen LogP contribution < -0.4 is 0 Å². The van der Waals surface area contributed by atoms with Crippen LogP contribution in [0.25, 0.3) is 0 Å². The van der Waals surface area contributed by atoms with Crippen LogP contribution in [0.4, 0.5) is 0 Å². The van der Waals surface area contributed by atoms with Crippen LogP contribution in [0, 0.1) is 53.3 Å². The standard InChI is InChI=1S/C17H25N/c1-18-7-10-5-13(18)17-12-6-11(16(10)17)14-8-2-3-9(4-8)15(12)14/h8-17H,2-7H2,1H3. The van der Waals surface area contributed by atoms with Crippen molar-refractivity contribution < 1.29 is 0 Å². The predicted molar refractivity (Wildman–Crippen MR) is 70.9 cm³/mol. The predicted octanol–water partition coefficient (Wildman–Crippen LogP) is 2.86. The van der Waals surface area contributed by atoms with Crippen molar-refractivity contribution in [2.75, 3.05) is 13.6 Å². The second-order valence-corrected chi connectivity index (χ2v) is 8.71. The lowest BCUT2D eigenvalue weighted by Crippen LogP contribution is -2.48. The van der Waals surface area contributed by atoms with E-state index in [2.05, 4.69) is 11.9 Å². The highest BCUT2D eigenvalue weighted by atomic mass is 15.2. The lowest BCUT2D eigenvalue weighted by atomic mass is 9.62. The summed E-state index contributed by atoms with van der Waals surface area (Å²) >= 11 is 0. The van der Waals surface area contributed by atoms with E-state index >= 15 is 0 Å². The van der Waals surface area contributed by atoms with Gasteiger partial charge < -0.3 is 4.90 Å². The van der Waals surface area contributed by atoms with Crippen molar-refractivity contribution in [3.8, 4) is 0 Å². The van der Waals surface area contributed by atoms with Crippen LogP contribution in [-0.2, 0) is 0 Å². The normalized spacial score (nSPS) is 71.2. The van der Waals surface area contributed by atoms with Gasteiger partial charge in [0.15, 0.2) is 0 Å². The Morgan fingerprint density at radius 3 is 2.17 bits per heavy atom. The fraction of sp³-hybridized carbons (Fsp3) is 1.00. The van der Waals surface area contributed by atoms with Crippen molar-refractivity contribution in [1.29, 1.82) is 0 Å². The van der Waals surface area contributed by atoms with Gasteiger partial charge >= 0.3 is 0 Å². The minimum atomic E-state index is 1.01. The molecule has 5 aliphatic carbocycles. The first-order chi connectivity index (χ1) is 8.83. The van der Waals surface area contributed by atoms with Gasteiger partial charge in [-0.15, -0.1) is 0 Å². The quantitative estimate of drug-likeness (QED) is 0.591. The Labute approximate surface area is 110 Å². The number of hydrogen-bond donors (Lipinski definition) is 0. The maximum atomic E-state index is 2.73. The third kappa shape index (κ3) is 0.846. The third-order valence-corrected chi connectivity index (χ3v) is 8.63. The van der Waals surface area contributed by atoms with Crippen molar-refractivity contribution in [2.45, 2.75) is 38.1 Å². The first-order valence-corrected chi connectivity index (χ1v) is 8.53. The molecule has 0 aromatic heterocycles. The molecule has 98 valence electrons. The molecule has 0 aromatic carbocycles. The Bertz CT molecular complexity index is 418. The molecule has 18 heavy (non-hydrogen) atoms. The molecule has 10 atom stereocenters. The van der Waals surface area contributed by atoms with E-state index in [0.717, 1.165) is 17.9 Å². The van der Waals surface area contributed by atoms with Gasteiger partial charge in [0, 0.05) is 12.6 Å². The molecule has 1 heteroatoms. The molecule has 6 fully saturated rings. The van der Waals surface area contributed by atoms with Crippen LogP contribution in [0.3, 0.4) is 0 Å². The molecule has 1 aliphatic heterocycles. The number of hydrogen-bond acceptors (Lipinski definition) is 1. The Morgan fingerprint density at radius 1 is 0.722 bits per heavy atom. The van der Waals surface area contributed by atoms with E-state index in [0.29, 0.717) is 0 Å². The molecule has 0 N–H and O–H groups in total. The fourth-order valence-electron chi connectivity index (χ4n) is 8.68. The van der Waals surface area contributed by atoms with Gasteiger partial charge in [0.1, 0.15) is 0 Å². The van der Waals surface area contributed by atoms with Crippen LogP contribution in [-0.4, -0.2) is 24.5 Å². The summed E-state index contributed by atoms with van der Waals surface area (Å²) in [5, 5.41) is 0. The van der Waals surface area contributed by atoms with E-state index in [4.69, 9.17) is 0 Å². The van der Waals surface area contributed by atoms with Crippen molar-refractivity contribution in [1.82, 2.24) is 4.90 Å². The van der Waals surface area contributed by atoms with Gasteiger partial charge in [-0.2, -0.15) is 0 Å². The van der Waals surface area contributed by atoms with Gasteiger partial charge in [0.25, 0.3) is 0 Å². The lowest BCUT2D eigenvalue weighted by Gasteiger charge is -2.47. The van der Waals surface area contributed by atoms with E-state index in [1.54, 1.807) is 32.1 Å². The molecule has 1 saturated heterocycles. The van der Waals surface area contributed by atoms with Gasteiger partial charge in [-0.05, 0) is 92.4 Å². The van der Waals surface area contributed by atoms with Crippen molar-refractivity contribution in [3.63, 3.8) is 0 Å². The number of piperidine rings is 1. The van der Waals surface area contributed by atoms with E-state index in [-0.39, 0.29) is 0 Å². The van der Waals surface area contributed by atoms with Gasteiger partial charge in [-0.25, -0.2) is 0 Å². The highest BCUT2D eigenvalue weighted by molar-refractivity contribution is 5.20. The molecule has 0 aromatic rings. The highest BCUT2D eigenvalue weighted by Crippen LogP contribution is 2.74. The molecular formula is C17H25N. The van der Waals surface area contributed by atoms with Gasteiger partial charge in [0.05, 0.1) is 0 Å². The Kier molecular flexibility index (Phi) is 1.55. The molecule has 0 spiro atoms. The zero-order chi connectivity index (χ0) is 11.6. The minimum absolute atomic E-state index is 1.01. The maximum Gasteiger partial charge on any atom is 0.0129 e.